The van der Waals surface area contributed by atoms with Crippen LogP contribution in [0.15, 0.2) is 6.33 Å². The zero-order chi connectivity index (χ0) is 25.3. The van der Waals surface area contributed by atoms with Crippen molar-refractivity contribution in [3.63, 3.8) is 0 Å². The summed E-state index contributed by atoms with van der Waals surface area (Å²) in [5.74, 6) is 2.10. The van der Waals surface area contributed by atoms with Crippen molar-refractivity contribution in [2.45, 2.75) is 102 Å². The fourth-order valence-electron chi connectivity index (χ4n) is 4.44. The van der Waals surface area contributed by atoms with Crippen LogP contribution < -0.4 is 5.32 Å². The van der Waals surface area contributed by atoms with Gasteiger partial charge in [0, 0.05) is 12.8 Å². The molecule has 0 aromatic carbocycles. The molecule has 0 unspecified atom stereocenters. The molecule has 0 spiro atoms. The van der Waals surface area contributed by atoms with Crippen LogP contribution in [0.25, 0.3) is 11.2 Å². The Morgan fingerprint density at radius 2 is 1.94 bits per heavy atom. The Kier molecular flexibility index (Phi) is 9.95. The first kappa shape index (κ1) is 27.0. The summed E-state index contributed by atoms with van der Waals surface area (Å²) in [6.45, 7) is 1.87. The van der Waals surface area contributed by atoms with E-state index < -0.39 is 30.5 Å². The third-order valence-electron chi connectivity index (χ3n) is 6.48. The molecule has 1 aliphatic heterocycles. The number of carbonyl (C=O) groups excluding carboxylic acids is 1. The van der Waals surface area contributed by atoms with E-state index in [9.17, 15) is 19.4 Å². The van der Waals surface area contributed by atoms with Gasteiger partial charge in [-0.2, -0.15) is 14.4 Å². The summed E-state index contributed by atoms with van der Waals surface area (Å²) in [4.78, 5) is 24.2. The molecule has 9 nitrogen and oxygen atoms in total. The minimum Gasteiger partial charge on any atom is -0.392 e. The van der Waals surface area contributed by atoms with Crippen molar-refractivity contribution >= 4 is 22.9 Å². The SMILES string of the molecule is C#C[C@]1(CO)O[C@@H](Cn2cnc3c(NC(=O)CCCCCCCCCCC)nc(F)nc32)C[C@@H]1O. The van der Waals surface area contributed by atoms with Crippen molar-refractivity contribution in [1.29, 1.82) is 0 Å². The normalized spacial score (nSPS) is 21.9. The van der Waals surface area contributed by atoms with Crippen LogP contribution in [0, 0.1) is 18.4 Å². The largest absolute Gasteiger partial charge is 0.392 e. The van der Waals surface area contributed by atoms with Gasteiger partial charge in [0.1, 0.15) is 0 Å². The van der Waals surface area contributed by atoms with Crippen LogP contribution in [0.5, 0.6) is 0 Å². The van der Waals surface area contributed by atoms with Crippen LogP contribution in [0.4, 0.5) is 10.2 Å². The Morgan fingerprint density at radius 1 is 1.26 bits per heavy atom. The number of aromatic nitrogens is 4. The van der Waals surface area contributed by atoms with Gasteiger partial charge in [-0.3, -0.25) is 4.79 Å². The van der Waals surface area contributed by atoms with E-state index in [0.29, 0.717) is 6.42 Å². The van der Waals surface area contributed by atoms with Crippen LogP contribution >= 0.6 is 0 Å². The maximum absolute atomic E-state index is 14.2. The Balaban J connectivity index is 1.53. The van der Waals surface area contributed by atoms with E-state index >= 15 is 0 Å². The highest BCUT2D eigenvalue weighted by Gasteiger charge is 2.46. The fraction of sp³-hybridized carbons (Fsp3) is 0.680. The molecule has 10 heteroatoms. The molecule has 1 amide bonds. The highest BCUT2D eigenvalue weighted by molar-refractivity contribution is 5.96. The molecule has 0 saturated carbocycles. The first-order valence-electron chi connectivity index (χ1n) is 12.5. The van der Waals surface area contributed by atoms with Crippen LogP contribution in [-0.4, -0.2) is 60.1 Å². The molecular weight excluding hydrogens is 453 g/mol. The number of ether oxygens (including phenoxy) is 1. The van der Waals surface area contributed by atoms with Crippen LogP contribution in [0.3, 0.4) is 0 Å². The highest BCUT2D eigenvalue weighted by atomic mass is 19.1. The van der Waals surface area contributed by atoms with E-state index in [-0.39, 0.29) is 35.9 Å². The van der Waals surface area contributed by atoms with E-state index in [1.54, 1.807) is 4.57 Å². The minimum atomic E-state index is -1.46. The quantitative estimate of drug-likeness (QED) is 0.211. The number of nitrogens with zero attached hydrogens (tertiary/aromatic N) is 4. The number of aliphatic hydroxyl groups excluding tert-OH is 2. The number of amides is 1. The molecule has 3 atom stereocenters. The monoisotopic (exact) mass is 489 g/mol. The van der Waals surface area contributed by atoms with Gasteiger partial charge < -0.3 is 24.8 Å². The maximum Gasteiger partial charge on any atom is 0.312 e. The molecule has 35 heavy (non-hydrogen) atoms. The predicted molar refractivity (Wildman–Crippen MR) is 130 cm³/mol. The average Bonchev–Trinajstić information content (AvgIpc) is 3.38. The summed E-state index contributed by atoms with van der Waals surface area (Å²) >= 11 is 0. The lowest BCUT2D eigenvalue weighted by Gasteiger charge is -2.23. The molecule has 0 aliphatic carbocycles. The number of aliphatic hydroxyl groups is 2. The van der Waals surface area contributed by atoms with Gasteiger partial charge in [0.05, 0.1) is 31.7 Å². The van der Waals surface area contributed by atoms with Crippen molar-refractivity contribution < 1.29 is 24.1 Å². The van der Waals surface area contributed by atoms with Gasteiger partial charge >= 0.3 is 6.08 Å². The summed E-state index contributed by atoms with van der Waals surface area (Å²) in [6, 6.07) is 0. The summed E-state index contributed by atoms with van der Waals surface area (Å²) in [6.07, 6.45) is 15.2. The van der Waals surface area contributed by atoms with Crippen molar-refractivity contribution in [3.8, 4) is 12.3 Å². The number of fused-ring (bicyclic) bond motifs is 1. The molecule has 1 aliphatic rings. The zero-order valence-electron chi connectivity index (χ0n) is 20.4. The number of imidazole rings is 1. The van der Waals surface area contributed by atoms with Gasteiger partial charge in [0.25, 0.3) is 0 Å². The standard InChI is InChI=1S/C25H36FN5O4/c1-3-5-6-7-8-9-10-11-12-13-20(34)28-22-21-23(30-24(26)29-22)31(17-27-21)15-18-14-19(33)25(4-2,16-32)35-18/h2,17-19,32-33H,3,5-16H2,1H3,(H,28,29,30,34)/t18-,19+,25-/m1/s1. The molecule has 3 N–H and O–H groups in total. The Hall–Kier alpha value is -2.61. The first-order valence-corrected chi connectivity index (χ1v) is 12.5. The lowest BCUT2D eigenvalue weighted by molar-refractivity contribution is -0.116. The molecular formula is C25H36FN5O4. The molecule has 3 heterocycles. The Morgan fingerprint density at radius 3 is 2.57 bits per heavy atom. The van der Waals surface area contributed by atoms with Crippen molar-refractivity contribution in [1.82, 2.24) is 19.5 Å². The molecule has 2 aromatic heterocycles. The van der Waals surface area contributed by atoms with Crippen molar-refractivity contribution in [2.75, 3.05) is 11.9 Å². The zero-order valence-corrected chi connectivity index (χ0v) is 20.4. The summed E-state index contributed by atoms with van der Waals surface area (Å²) < 4.78 is 21.4. The Labute approximate surface area is 205 Å². The van der Waals surface area contributed by atoms with Gasteiger partial charge in [-0.1, -0.05) is 64.2 Å². The second-order valence-corrected chi connectivity index (χ2v) is 9.22. The number of hydrogen-bond donors (Lipinski definition) is 3. The molecule has 2 aromatic rings. The summed E-state index contributed by atoms with van der Waals surface area (Å²) in [5.41, 5.74) is -1.01. The van der Waals surface area contributed by atoms with E-state index in [4.69, 9.17) is 11.2 Å². The van der Waals surface area contributed by atoms with Gasteiger partial charge in [0.15, 0.2) is 22.6 Å². The molecule has 1 fully saturated rings. The maximum atomic E-state index is 14.2. The smallest absolute Gasteiger partial charge is 0.312 e. The topological polar surface area (TPSA) is 122 Å². The molecule has 1 saturated heterocycles. The molecule has 3 rings (SSSR count). The number of anilines is 1. The van der Waals surface area contributed by atoms with Gasteiger partial charge in [-0.15, -0.1) is 6.42 Å². The lowest BCUT2D eigenvalue weighted by atomic mass is 9.98. The first-order chi connectivity index (χ1) is 16.9. The van der Waals surface area contributed by atoms with Crippen LogP contribution in [0.2, 0.25) is 0 Å². The number of unbranched alkanes of at least 4 members (excludes halogenated alkanes) is 8. The lowest BCUT2D eigenvalue weighted by Crippen LogP contribution is -2.41. The number of terminal acetylenes is 1. The van der Waals surface area contributed by atoms with E-state index in [1.165, 1.54) is 44.9 Å². The van der Waals surface area contributed by atoms with Crippen LogP contribution in [-0.2, 0) is 16.1 Å². The summed E-state index contributed by atoms with van der Waals surface area (Å²) in [7, 11) is 0. The molecule has 192 valence electrons. The molecule has 0 radical (unpaired) electrons. The van der Waals surface area contributed by atoms with E-state index in [0.717, 1.165) is 19.3 Å². The van der Waals surface area contributed by atoms with Gasteiger partial charge in [-0.25, -0.2) is 4.98 Å². The van der Waals surface area contributed by atoms with Crippen LogP contribution in [0.1, 0.15) is 77.6 Å². The van der Waals surface area contributed by atoms with Gasteiger partial charge in [0.2, 0.25) is 5.91 Å². The number of halogens is 1. The van der Waals surface area contributed by atoms with E-state index in [2.05, 4.69) is 33.1 Å². The van der Waals surface area contributed by atoms with Crippen molar-refractivity contribution in [3.05, 3.63) is 12.4 Å². The second kappa shape index (κ2) is 12.9. The minimum absolute atomic E-state index is 0.0212. The number of hydrogen-bond acceptors (Lipinski definition) is 7. The van der Waals surface area contributed by atoms with Crippen molar-refractivity contribution in [2.24, 2.45) is 0 Å². The Bertz CT molecular complexity index is 1020. The highest BCUT2D eigenvalue weighted by Crippen LogP contribution is 2.31. The summed E-state index contributed by atoms with van der Waals surface area (Å²) in [5, 5.41) is 22.4. The number of rotatable bonds is 14. The third-order valence-corrected chi connectivity index (χ3v) is 6.48. The third kappa shape index (κ3) is 6.97. The average molecular weight is 490 g/mol. The van der Waals surface area contributed by atoms with E-state index in [1.807, 2.05) is 0 Å². The number of nitrogens with one attached hydrogen (secondary N) is 1. The molecule has 0 bridgehead atoms. The second-order valence-electron chi connectivity index (χ2n) is 9.22. The van der Waals surface area contributed by atoms with Gasteiger partial charge in [-0.05, 0) is 6.42 Å². The number of carbonyl (C=O) groups is 1. The fourth-order valence-corrected chi connectivity index (χ4v) is 4.44. The predicted octanol–water partition coefficient (Wildman–Crippen LogP) is 3.34.